The minimum atomic E-state index is -0.153. The zero-order valence-electron chi connectivity index (χ0n) is 16.8. The number of hydrogen-bond donors (Lipinski definition) is 1. The fourth-order valence-electron chi connectivity index (χ4n) is 2.94. The summed E-state index contributed by atoms with van der Waals surface area (Å²) in [5.74, 6) is 0.0325. The topological polar surface area (TPSA) is 85.6 Å². The van der Waals surface area contributed by atoms with Crippen molar-refractivity contribution in [1.29, 1.82) is 0 Å². The first-order chi connectivity index (χ1) is 14.5. The summed E-state index contributed by atoms with van der Waals surface area (Å²) in [6.45, 7) is 6.10. The molecule has 0 bridgehead atoms. The Kier molecular flexibility index (Phi) is 5.91. The van der Waals surface area contributed by atoms with Crippen molar-refractivity contribution in [3.8, 4) is 16.9 Å². The molecule has 0 aliphatic carbocycles. The number of benzene rings is 2. The molecule has 0 atom stereocenters. The van der Waals surface area contributed by atoms with E-state index in [4.69, 9.17) is 0 Å². The van der Waals surface area contributed by atoms with Crippen molar-refractivity contribution in [3.05, 3.63) is 64.5 Å². The highest BCUT2D eigenvalue weighted by Gasteiger charge is 2.14. The maximum absolute atomic E-state index is 12.4. The monoisotopic (exact) mass is 436 g/mol. The third-order valence-electron chi connectivity index (χ3n) is 4.45. The van der Waals surface area contributed by atoms with E-state index in [0.29, 0.717) is 10.3 Å². The van der Waals surface area contributed by atoms with Crippen LogP contribution in [0.15, 0.2) is 53.0 Å². The summed E-state index contributed by atoms with van der Waals surface area (Å²) in [5, 5.41) is 17.8. The third-order valence-corrected chi connectivity index (χ3v) is 6.13. The number of tetrazole rings is 1. The molecule has 0 radical (unpaired) electrons. The van der Waals surface area contributed by atoms with E-state index in [1.807, 2.05) is 62.5 Å². The predicted molar refractivity (Wildman–Crippen MR) is 120 cm³/mol. The minimum Gasteiger partial charge on any atom is -0.301 e. The largest absolute Gasteiger partial charge is 0.301 e. The van der Waals surface area contributed by atoms with Gasteiger partial charge in [0, 0.05) is 10.9 Å². The lowest BCUT2D eigenvalue weighted by atomic mass is 10.1. The summed E-state index contributed by atoms with van der Waals surface area (Å²) in [7, 11) is 0. The van der Waals surface area contributed by atoms with Gasteiger partial charge in [0.25, 0.3) is 0 Å². The number of carbonyl (C=O) groups excluding carboxylic acids is 1. The first-order valence-electron chi connectivity index (χ1n) is 9.31. The molecule has 4 aromatic rings. The Morgan fingerprint density at radius 1 is 1.10 bits per heavy atom. The van der Waals surface area contributed by atoms with Gasteiger partial charge >= 0.3 is 0 Å². The van der Waals surface area contributed by atoms with Crippen LogP contribution in [0.4, 0.5) is 5.13 Å². The van der Waals surface area contributed by atoms with Crippen molar-refractivity contribution in [2.45, 2.75) is 25.9 Å². The van der Waals surface area contributed by atoms with Gasteiger partial charge in [-0.25, -0.2) is 4.98 Å². The molecule has 0 unspecified atom stereocenters. The lowest BCUT2D eigenvalue weighted by Gasteiger charge is -2.08. The number of rotatable bonds is 6. The number of carbonyl (C=O) groups is 1. The number of hydrogen-bond acceptors (Lipinski definition) is 7. The molecule has 0 fully saturated rings. The van der Waals surface area contributed by atoms with Crippen LogP contribution in [0, 0.1) is 20.8 Å². The molecule has 30 heavy (non-hydrogen) atoms. The van der Waals surface area contributed by atoms with Crippen LogP contribution in [0.25, 0.3) is 16.9 Å². The third kappa shape index (κ3) is 4.58. The molecule has 1 amide bonds. The van der Waals surface area contributed by atoms with Gasteiger partial charge in [-0.15, -0.1) is 16.4 Å². The van der Waals surface area contributed by atoms with Crippen LogP contribution in [-0.4, -0.2) is 36.9 Å². The summed E-state index contributed by atoms with van der Waals surface area (Å²) in [4.78, 5) is 16.9. The second kappa shape index (κ2) is 8.76. The lowest BCUT2D eigenvalue weighted by molar-refractivity contribution is -0.113. The number of nitrogens with one attached hydrogen (secondary N) is 1. The molecule has 7 nitrogen and oxygen atoms in total. The van der Waals surface area contributed by atoms with Crippen LogP contribution in [-0.2, 0) is 4.79 Å². The van der Waals surface area contributed by atoms with Gasteiger partial charge in [-0.3, -0.25) is 4.79 Å². The van der Waals surface area contributed by atoms with Gasteiger partial charge in [-0.05, 0) is 42.8 Å². The molecule has 2 aromatic heterocycles. The average Bonchev–Trinajstić information content (AvgIpc) is 3.37. The number of amides is 1. The number of nitrogens with zero attached hydrogens (tertiary/aromatic N) is 5. The van der Waals surface area contributed by atoms with Gasteiger partial charge in [0.2, 0.25) is 11.1 Å². The Bertz CT molecular complexity index is 1180. The SMILES string of the molecule is Cc1ccc(-c2csc(NC(=O)CSc3nnnn3-c3ccc(C)cc3C)n2)cc1. The van der Waals surface area contributed by atoms with Crippen molar-refractivity contribution < 1.29 is 4.79 Å². The number of aryl methyl sites for hydroxylation is 3. The quantitative estimate of drug-likeness (QED) is 0.450. The van der Waals surface area contributed by atoms with Crippen molar-refractivity contribution in [2.75, 3.05) is 11.1 Å². The first kappa shape index (κ1) is 20.2. The molecular weight excluding hydrogens is 416 g/mol. The Hall–Kier alpha value is -3.04. The van der Waals surface area contributed by atoms with Gasteiger partial charge in [0.05, 0.1) is 17.1 Å². The zero-order valence-corrected chi connectivity index (χ0v) is 18.4. The van der Waals surface area contributed by atoms with E-state index in [1.165, 1.54) is 34.2 Å². The van der Waals surface area contributed by atoms with Crippen LogP contribution < -0.4 is 5.32 Å². The molecule has 0 aliphatic rings. The van der Waals surface area contributed by atoms with Crippen LogP contribution in [0.1, 0.15) is 16.7 Å². The van der Waals surface area contributed by atoms with E-state index < -0.39 is 0 Å². The summed E-state index contributed by atoms with van der Waals surface area (Å²) >= 11 is 2.69. The van der Waals surface area contributed by atoms with Crippen LogP contribution in [0.2, 0.25) is 0 Å². The van der Waals surface area contributed by atoms with Crippen molar-refractivity contribution in [3.63, 3.8) is 0 Å². The van der Waals surface area contributed by atoms with Crippen molar-refractivity contribution >= 4 is 34.1 Å². The molecule has 0 aliphatic heterocycles. The minimum absolute atomic E-state index is 0.153. The Morgan fingerprint density at radius 2 is 1.87 bits per heavy atom. The smallest absolute Gasteiger partial charge is 0.236 e. The Balaban J connectivity index is 1.39. The van der Waals surface area contributed by atoms with Crippen LogP contribution >= 0.6 is 23.1 Å². The van der Waals surface area contributed by atoms with E-state index in [9.17, 15) is 4.79 Å². The predicted octanol–water partition coefficient (Wildman–Crippen LogP) is 4.44. The van der Waals surface area contributed by atoms with E-state index in [0.717, 1.165) is 22.5 Å². The maximum Gasteiger partial charge on any atom is 0.236 e. The first-order valence-corrected chi connectivity index (χ1v) is 11.2. The Morgan fingerprint density at radius 3 is 2.63 bits per heavy atom. The number of thioether (sulfide) groups is 1. The van der Waals surface area contributed by atoms with Crippen LogP contribution in [0.5, 0.6) is 0 Å². The van der Waals surface area contributed by atoms with E-state index >= 15 is 0 Å². The molecule has 2 aromatic carbocycles. The molecule has 1 N–H and O–H groups in total. The van der Waals surface area contributed by atoms with Gasteiger partial charge in [0.1, 0.15) is 0 Å². The molecule has 0 saturated heterocycles. The molecule has 4 rings (SSSR count). The summed E-state index contributed by atoms with van der Waals surface area (Å²) in [5.41, 5.74) is 6.21. The highest BCUT2D eigenvalue weighted by Crippen LogP contribution is 2.26. The number of thiazole rings is 1. The normalized spacial score (nSPS) is 10.9. The summed E-state index contributed by atoms with van der Waals surface area (Å²) in [6, 6.07) is 14.2. The molecule has 2 heterocycles. The second-order valence-electron chi connectivity index (χ2n) is 6.90. The van der Waals surface area contributed by atoms with Crippen molar-refractivity contribution in [2.24, 2.45) is 0 Å². The average molecular weight is 437 g/mol. The zero-order chi connectivity index (χ0) is 21.1. The standard InChI is InChI=1S/C21H20N6OS2/c1-13-4-7-16(8-5-13)17-11-29-20(22-17)23-19(28)12-30-21-24-25-26-27(21)18-9-6-14(2)10-15(18)3/h4-11H,12H2,1-3H3,(H,22,23,28). The number of aromatic nitrogens is 5. The van der Waals surface area contributed by atoms with Gasteiger partial charge in [-0.2, -0.15) is 4.68 Å². The van der Waals surface area contributed by atoms with Crippen molar-refractivity contribution in [1.82, 2.24) is 25.2 Å². The van der Waals surface area contributed by atoms with Gasteiger partial charge < -0.3 is 5.32 Å². The highest BCUT2D eigenvalue weighted by atomic mass is 32.2. The lowest BCUT2D eigenvalue weighted by Crippen LogP contribution is -2.14. The maximum atomic E-state index is 12.4. The molecule has 0 saturated carbocycles. The molecule has 9 heteroatoms. The highest BCUT2D eigenvalue weighted by molar-refractivity contribution is 7.99. The van der Waals surface area contributed by atoms with Gasteiger partial charge in [-0.1, -0.05) is 59.3 Å². The summed E-state index contributed by atoms with van der Waals surface area (Å²) < 4.78 is 1.66. The van der Waals surface area contributed by atoms with Crippen LogP contribution in [0.3, 0.4) is 0 Å². The number of anilines is 1. The van der Waals surface area contributed by atoms with E-state index in [1.54, 1.807) is 4.68 Å². The summed E-state index contributed by atoms with van der Waals surface area (Å²) in [6.07, 6.45) is 0. The van der Waals surface area contributed by atoms with E-state index in [2.05, 4.69) is 31.9 Å². The van der Waals surface area contributed by atoms with Gasteiger partial charge in [0.15, 0.2) is 5.13 Å². The fraction of sp³-hybridized carbons (Fsp3) is 0.190. The molecule has 0 spiro atoms. The molecule has 152 valence electrons. The second-order valence-corrected chi connectivity index (χ2v) is 8.70. The Labute approximate surface area is 182 Å². The molecular formula is C21H20N6OS2. The fourth-order valence-corrected chi connectivity index (χ4v) is 4.36. The van der Waals surface area contributed by atoms with E-state index in [-0.39, 0.29) is 11.7 Å².